The first kappa shape index (κ1) is 15.8. The lowest BCUT2D eigenvalue weighted by Crippen LogP contribution is -2.24. The van der Waals surface area contributed by atoms with Gasteiger partial charge in [-0.3, -0.25) is 0 Å². The highest BCUT2D eigenvalue weighted by molar-refractivity contribution is 5.85. The van der Waals surface area contributed by atoms with E-state index < -0.39 is 0 Å². The largest absolute Gasteiger partial charge is 0.475 e. The van der Waals surface area contributed by atoms with Crippen LogP contribution in [0.5, 0.6) is 5.88 Å². The van der Waals surface area contributed by atoms with Crippen LogP contribution in [0.4, 0.5) is 5.82 Å². The Hall–Kier alpha value is -1.59. The van der Waals surface area contributed by atoms with Crippen LogP contribution in [0.15, 0.2) is 24.3 Å². The molecule has 1 aromatic carbocycles. The number of hydrogen-bond acceptors (Lipinski definition) is 5. The van der Waals surface area contributed by atoms with E-state index in [1.54, 1.807) is 0 Å². The Kier molecular flexibility index (Phi) is 5.20. The molecule has 0 spiro atoms. The molecule has 6 heteroatoms. The van der Waals surface area contributed by atoms with E-state index in [9.17, 15) is 0 Å². The molecule has 2 N–H and O–H groups in total. The van der Waals surface area contributed by atoms with Crippen molar-refractivity contribution >= 4 is 29.3 Å². The van der Waals surface area contributed by atoms with Crippen LogP contribution in [0.1, 0.15) is 13.3 Å². The Morgan fingerprint density at radius 3 is 2.62 bits per heavy atom. The zero-order valence-electron chi connectivity index (χ0n) is 12.2. The van der Waals surface area contributed by atoms with Crippen molar-refractivity contribution in [3.05, 3.63) is 24.3 Å². The maximum Gasteiger partial charge on any atom is 0.258 e. The second-order valence-electron chi connectivity index (χ2n) is 5.11. The van der Waals surface area contributed by atoms with Gasteiger partial charge in [0.15, 0.2) is 5.82 Å². The molecule has 0 saturated carbocycles. The highest BCUT2D eigenvalue weighted by Crippen LogP contribution is 2.30. The molecule has 114 valence electrons. The number of ether oxygens (including phenoxy) is 1. The first-order valence-corrected chi connectivity index (χ1v) is 7.16. The predicted molar refractivity (Wildman–Crippen MR) is 87.3 cm³/mol. The van der Waals surface area contributed by atoms with Crippen molar-refractivity contribution < 1.29 is 4.74 Å². The van der Waals surface area contributed by atoms with E-state index in [1.165, 1.54) is 0 Å². The monoisotopic (exact) mass is 308 g/mol. The molecule has 2 aromatic rings. The van der Waals surface area contributed by atoms with E-state index >= 15 is 0 Å². The third-order valence-electron chi connectivity index (χ3n) is 3.72. The molecule has 21 heavy (non-hydrogen) atoms. The SMILES string of the molecule is CCOc1nc2ccccc2nc1N1CCC(CN)C1.Cl. The van der Waals surface area contributed by atoms with Gasteiger partial charge in [-0.25, -0.2) is 9.97 Å². The second-order valence-corrected chi connectivity index (χ2v) is 5.11. The third kappa shape index (κ3) is 3.19. The summed E-state index contributed by atoms with van der Waals surface area (Å²) in [7, 11) is 0. The highest BCUT2D eigenvalue weighted by Gasteiger charge is 2.25. The lowest BCUT2D eigenvalue weighted by molar-refractivity contribution is 0.327. The van der Waals surface area contributed by atoms with Gasteiger partial charge in [0, 0.05) is 13.1 Å². The summed E-state index contributed by atoms with van der Waals surface area (Å²) in [6.07, 6.45) is 1.11. The fraction of sp³-hybridized carbons (Fsp3) is 0.467. The van der Waals surface area contributed by atoms with Crippen LogP contribution in [-0.2, 0) is 0 Å². The van der Waals surface area contributed by atoms with Crippen LogP contribution in [0, 0.1) is 5.92 Å². The number of aromatic nitrogens is 2. The van der Waals surface area contributed by atoms with E-state index in [4.69, 9.17) is 15.5 Å². The van der Waals surface area contributed by atoms with Crippen molar-refractivity contribution in [3.63, 3.8) is 0 Å². The van der Waals surface area contributed by atoms with Crippen molar-refractivity contribution in [2.45, 2.75) is 13.3 Å². The molecule has 0 amide bonds. The summed E-state index contributed by atoms with van der Waals surface area (Å²) in [5.41, 5.74) is 7.54. The van der Waals surface area contributed by atoms with E-state index in [-0.39, 0.29) is 12.4 Å². The average Bonchev–Trinajstić information content (AvgIpc) is 2.95. The van der Waals surface area contributed by atoms with Gasteiger partial charge >= 0.3 is 0 Å². The topological polar surface area (TPSA) is 64.3 Å². The summed E-state index contributed by atoms with van der Waals surface area (Å²) in [5, 5.41) is 0. The Morgan fingerprint density at radius 1 is 1.29 bits per heavy atom. The molecule has 5 nitrogen and oxygen atoms in total. The number of halogens is 1. The molecule has 1 aliphatic rings. The minimum Gasteiger partial charge on any atom is -0.475 e. The molecule has 0 aliphatic carbocycles. The van der Waals surface area contributed by atoms with Gasteiger partial charge in [0.25, 0.3) is 5.88 Å². The maximum absolute atomic E-state index is 5.77. The van der Waals surface area contributed by atoms with Gasteiger partial charge in [0.05, 0.1) is 17.6 Å². The van der Waals surface area contributed by atoms with Crippen LogP contribution >= 0.6 is 12.4 Å². The first-order chi connectivity index (χ1) is 9.81. The lowest BCUT2D eigenvalue weighted by atomic mass is 10.1. The Morgan fingerprint density at radius 2 is 2.00 bits per heavy atom. The highest BCUT2D eigenvalue weighted by atomic mass is 35.5. The smallest absolute Gasteiger partial charge is 0.258 e. The van der Waals surface area contributed by atoms with Crippen molar-refractivity contribution in [3.8, 4) is 5.88 Å². The van der Waals surface area contributed by atoms with Gasteiger partial charge in [-0.2, -0.15) is 0 Å². The minimum atomic E-state index is 0. The quantitative estimate of drug-likeness (QED) is 0.938. The van der Waals surface area contributed by atoms with Crippen LogP contribution in [0.2, 0.25) is 0 Å². The van der Waals surface area contributed by atoms with Crippen LogP contribution < -0.4 is 15.4 Å². The van der Waals surface area contributed by atoms with E-state index in [1.807, 2.05) is 31.2 Å². The van der Waals surface area contributed by atoms with Gasteiger partial charge in [-0.05, 0) is 37.9 Å². The lowest BCUT2D eigenvalue weighted by Gasteiger charge is -2.20. The maximum atomic E-state index is 5.77. The van der Waals surface area contributed by atoms with Crippen LogP contribution in [0.3, 0.4) is 0 Å². The summed E-state index contributed by atoms with van der Waals surface area (Å²) >= 11 is 0. The Balaban J connectivity index is 0.00000161. The number of nitrogens with two attached hydrogens (primary N) is 1. The van der Waals surface area contributed by atoms with Gasteiger partial charge < -0.3 is 15.4 Å². The Labute approximate surface area is 130 Å². The summed E-state index contributed by atoms with van der Waals surface area (Å²) in [6, 6.07) is 7.89. The number of fused-ring (bicyclic) bond motifs is 1. The number of benzene rings is 1. The average molecular weight is 309 g/mol. The molecule has 0 bridgehead atoms. The molecule has 1 aliphatic heterocycles. The van der Waals surface area contributed by atoms with Crippen molar-refractivity contribution in [2.24, 2.45) is 11.7 Å². The molecule has 3 rings (SSSR count). The second kappa shape index (κ2) is 6.91. The number of hydrogen-bond donors (Lipinski definition) is 1. The zero-order chi connectivity index (χ0) is 13.9. The molecule has 1 fully saturated rings. The summed E-state index contributed by atoms with van der Waals surface area (Å²) in [6.45, 7) is 5.18. The molecule has 1 unspecified atom stereocenters. The summed E-state index contributed by atoms with van der Waals surface area (Å²) < 4.78 is 5.68. The molecular weight excluding hydrogens is 288 g/mol. The number of anilines is 1. The normalized spacial score (nSPS) is 17.8. The van der Waals surface area contributed by atoms with Crippen molar-refractivity contribution in [1.29, 1.82) is 0 Å². The summed E-state index contributed by atoms with van der Waals surface area (Å²) in [5.74, 6) is 2.02. The number of rotatable bonds is 4. The van der Waals surface area contributed by atoms with Gasteiger partial charge in [-0.1, -0.05) is 12.1 Å². The molecular formula is C15H21ClN4O. The fourth-order valence-electron chi connectivity index (χ4n) is 2.63. The van der Waals surface area contributed by atoms with E-state index in [0.29, 0.717) is 18.4 Å². The van der Waals surface area contributed by atoms with Crippen molar-refractivity contribution in [1.82, 2.24) is 9.97 Å². The van der Waals surface area contributed by atoms with Crippen LogP contribution in [0.25, 0.3) is 11.0 Å². The van der Waals surface area contributed by atoms with Gasteiger partial charge in [0.2, 0.25) is 0 Å². The van der Waals surface area contributed by atoms with E-state index in [2.05, 4.69) is 9.88 Å². The fourth-order valence-corrected chi connectivity index (χ4v) is 2.63. The van der Waals surface area contributed by atoms with E-state index in [0.717, 1.165) is 42.9 Å². The first-order valence-electron chi connectivity index (χ1n) is 7.16. The number of nitrogens with zero attached hydrogens (tertiary/aromatic N) is 3. The standard InChI is InChI=1S/C15H20N4O.ClH/c1-2-20-15-14(19-8-7-11(9-16)10-19)17-12-5-3-4-6-13(12)18-15;/h3-6,11H,2,7-10,16H2,1H3;1H. The minimum absolute atomic E-state index is 0. The third-order valence-corrected chi connectivity index (χ3v) is 3.72. The van der Waals surface area contributed by atoms with Gasteiger partial charge in [-0.15, -0.1) is 12.4 Å². The zero-order valence-corrected chi connectivity index (χ0v) is 13.0. The summed E-state index contributed by atoms with van der Waals surface area (Å²) in [4.78, 5) is 11.6. The molecule has 1 saturated heterocycles. The predicted octanol–water partition coefficient (Wildman–Crippen LogP) is 2.24. The van der Waals surface area contributed by atoms with Crippen molar-refractivity contribution in [2.75, 3.05) is 31.1 Å². The molecule has 2 heterocycles. The Bertz CT molecular complexity index is 607. The molecule has 1 aromatic heterocycles. The van der Waals surface area contributed by atoms with Crippen LogP contribution in [-0.4, -0.2) is 36.2 Å². The molecule has 0 radical (unpaired) electrons. The number of para-hydroxylation sites is 2. The van der Waals surface area contributed by atoms with Gasteiger partial charge in [0.1, 0.15) is 0 Å². The molecule has 1 atom stereocenters.